The summed E-state index contributed by atoms with van der Waals surface area (Å²) in [6, 6.07) is 7.84. The van der Waals surface area contributed by atoms with Crippen LogP contribution in [-0.2, 0) is 7.05 Å². The maximum Gasteiger partial charge on any atom is 0.261 e. The Labute approximate surface area is 174 Å². The van der Waals surface area contributed by atoms with Gasteiger partial charge in [0.05, 0.1) is 23.6 Å². The van der Waals surface area contributed by atoms with E-state index in [9.17, 15) is 9.59 Å². The number of fused-ring (bicyclic) bond motifs is 1. The molecular weight excluding hydrogens is 380 g/mol. The summed E-state index contributed by atoms with van der Waals surface area (Å²) in [5.41, 5.74) is 1.85. The topological polar surface area (TPSA) is 76.3 Å². The number of aromatic nitrogens is 4. The van der Waals surface area contributed by atoms with Gasteiger partial charge in [-0.15, -0.1) is 0 Å². The maximum absolute atomic E-state index is 12.9. The van der Waals surface area contributed by atoms with E-state index in [-0.39, 0.29) is 11.1 Å². The monoisotopic (exact) mass is 406 g/mol. The highest BCUT2D eigenvalue weighted by Gasteiger charge is 2.21. The minimum absolute atomic E-state index is 0.0497. The predicted molar refractivity (Wildman–Crippen MR) is 117 cm³/mol. The highest BCUT2D eigenvalue weighted by atomic mass is 16.1. The van der Waals surface area contributed by atoms with Gasteiger partial charge in [0.25, 0.3) is 11.1 Å². The van der Waals surface area contributed by atoms with E-state index >= 15 is 0 Å². The van der Waals surface area contributed by atoms with Crippen LogP contribution in [0.15, 0.2) is 46.5 Å². The van der Waals surface area contributed by atoms with E-state index in [0.717, 1.165) is 56.0 Å². The lowest BCUT2D eigenvalue weighted by molar-refractivity contribution is 0.499. The van der Waals surface area contributed by atoms with E-state index < -0.39 is 0 Å². The van der Waals surface area contributed by atoms with Crippen LogP contribution in [-0.4, -0.2) is 45.3 Å². The number of piperazine rings is 1. The smallest absolute Gasteiger partial charge is 0.261 e. The van der Waals surface area contributed by atoms with Crippen molar-refractivity contribution in [3.63, 3.8) is 0 Å². The molecule has 1 aliphatic heterocycles. The third kappa shape index (κ3) is 3.36. The van der Waals surface area contributed by atoms with Crippen LogP contribution < -0.4 is 20.9 Å². The van der Waals surface area contributed by atoms with Gasteiger partial charge in [0.1, 0.15) is 5.82 Å². The minimum atomic E-state index is -0.0497. The van der Waals surface area contributed by atoms with Crippen LogP contribution in [0.5, 0.6) is 0 Å². The molecule has 0 amide bonds. The Bertz CT molecular complexity index is 1190. The molecule has 30 heavy (non-hydrogen) atoms. The summed E-state index contributed by atoms with van der Waals surface area (Å²) in [6.45, 7) is 3.22. The van der Waals surface area contributed by atoms with Crippen LogP contribution in [0.3, 0.4) is 0 Å². The van der Waals surface area contributed by atoms with Gasteiger partial charge in [0.15, 0.2) is 0 Å². The number of anilines is 2. The summed E-state index contributed by atoms with van der Waals surface area (Å²) in [4.78, 5) is 38.2. The molecule has 1 aliphatic carbocycles. The van der Waals surface area contributed by atoms with Crippen LogP contribution in [0, 0.1) is 0 Å². The largest absolute Gasteiger partial charge is 0.368 e. The zero-order chi connectivity index (χ0) is 20.7. The number of aryl methyl sites for hydroxylation is 1. The quantitative estimate of drug-likeness (QED) is 0.662. The first kappa shape index (κ1) is 18.8. The number of hydrogen-bond acceptors (Lipinski definition) is 6. The van der Waals surface area contributed by atoms with Crippen molar-refractivity contribution in [1.29, 1.82) is 0 Å². The summed E-state index contributed by atoms with van der Waals surface area (Å²) in [7, 11) is 1.70. The van der Waals surface area contributed by atoms with Crippen molar-refractivity contribution in [3.05, 3.63) is 57.6 Å². The van der Waals surface area contributed by atoms with Gasteiger partial charge in [0.2, 0.25) is 0 Å². The lowest BCUT2D eigenvalue weighted by Crippen LogP contribution is -2.47. The molecular formula is C22H26N6O2. The van der Waals surface area contributed by atoms with Crippen LogP contribution in [0.1, 0.15) is 31.7 Å². The summed E-state index contributed by atoms with van der Waals surface area (Å²) < 4.78 is 3.30. The fourth-order valence-electron chi connectivity index (χ4n) is 4.58. The van der Waals surface area contributed by atoms with Gasteiger partial charge in [-0.25, -0.2) is 9.97 Å². The van der Waals surface area contributed by atoms with Gasteiger partial charge >= 0.3 is 0 Å². The van der Waals surface area contributed by atoms with E-state index in [4.69, 9.17) is 0 Å². The Morgan fingerprint density at radius 3 is 2.37 bits per heavy atom. The molecule has 0 atom stereocenters. The standard InChI is InChI=1S/C22H26N6O2/c1-25-14-24-20(13-21(25)29)27-10-8-26(9-11-27)17-6-7-18-19(12-17)23-15-28(22(18)30)16-4-2-3-5-16/h6-7,12-16H,2-5,8-11H2,1H3. The highest BCUT2D eigenvalue weighted by molar-refractivity contribution is 5.81. The van der Waals surface area contributed by atoms with Gasteiger partial charge in [0, 0.05) is 51.0 Å². The molecule has 1 saturated carbocycles. The molecule has 1 aromatic carbocycles. The normalized spacial score (nSPS) is 17.8. The second-order valence-corrected chi connectivity index (χ2v) is 8.27. The Hall–Kier alpha value is -3.16. The van der Waals surface area contributed by atoms with Crippen molar-refractivity contribution in [3.8, 4) is 0 Å². The molecule has 156 valence electrons. The number of nitrogens with zero attached hydrogens (tertiary/aromatic N) is 6. The van der Waals surface area contributed by atoms with Gasteiger partial charge < -0.3 is 14.4 Å². The van der Waals surface area contributed by atoms with Crippen molar-refractivity contribution in [2.45, 2.75) is 31.7 Å². The van der Waals surface area contributed by atoms with Gasteiger partial charge in [-0.1, -0.05) is 12.8 Å². The van der Waals surface area contributed by atoms with E-state index in [0.29, 0.717) is 11.4 Å². The summed E-state index contributed by atoms with van der Waals surface area (Å²) in [6.07, 6.45) is 7.80. The molecule has 2 fully saturated rings. The molecule has 0 unspecified atom stereocenters. The molecule has 2 aliphatic rings. The zero-order valence-corrected chi connectivity index (χ0v) is 17.2. The maximum atomic E-state index is 12.9. The molecule has 3 heterocycles. The molecule has 0 spiro atoms. The van der Waals surface area contributed by atoms with Crippen LogP contribution in [0.4, 0.5) is 11.5 Å². The third-order valence-corrected chi connectivity index (χ3v) is 6.42. The van der Waals surface area contributed by atoms with Crippen LogP contribution in [0.25, 0.3) is 10.9 Å². The Kier molecular flexibility index (Phi) is 4.77. The SMILES string of the molecule is Cn1cnc(N2CCN(c3ccc4c(=O)n(C5CCCC5)cnc4c3)CC2)cc1=O. The Morgan fingerprint density at radius 1 is 0.900 bits per heavy atom. The van der Waals surface area contributed by atoms with E-state index in [1.165, 1.54) is 17.4 Å². The average molecular weight is 406 g/mol. The van der Waals surface area contributed by atoms with Crippen molar-refractivity contribution < 1.29 is 0 Å². The van der Waals surface area contributed by atoms with Gasteiger partial charge in [-0.3, -0.25) is 14.2 Å². The molecule has 1 saturated heterocycles. The summed E-state index contributed by atoms with van der Waals surface area (Å²) >= 11 is 0. The van der Waals surface area contributed by atoms with Crippen molar-refractivity contribution in [1.82, 2.24) is 19.1 Å². The van der Waals surface area contributed by atoms with Crippen molar-refractivity contribution in [2.75, 3.05) is 36.0 Å². The molecule has 3 aromatic rings. The van der Waals surface area contributed by atoms with E-state index in [2.05, 4.69) is 19.8 Å². The first-order valence-corrected chi connectivity index (χ1v) is 10.6. The van der Waals surface area contributed by atoms with Gasteiger partial charge in [-0.05, 0) is 31.0 Å². The van der Waals surface area contributed by atoms with E-state index in [1.54, 1.807) is 25.8 Å². The molecule has 0 N–H and O–H groups in total. The fraction of sp³-hybridized carbons (Fsp3) is 0.455. The molecule has 8 nitrogen and oxygen atoms in total. The number of hydrogen-bond donors (Lipinski definition) is 0. The first-order valence-electron chi connectivity index (χ1n) is 10.6. The third-order valence-electron chi connectivity index (χ3n) is 6.42. The lowest BCUT2D eigenvalue weighted by atomic mass is 10.1. The average Bonchev–Trinajstić information content (AvgIpc) is 3.30. The zero-order valence-electron chi connectivity index (χ0n) is 17.2. The Balaban J connectivity index is 1.34. The first-order chi connectivity index (χ1) is 14.6. The molecule has 5 rings (SSSR count). The van der Waals surface area contributed by atoms with Crippen molar-refractivity contribution >= 4 is 22.4 Å². The molecule has 0 bridgehead atoms. The lowest BCUT2D eigenvalue weighted by Gasteiger charge is -2.36. The van der Waals surface area contributed by atoms with Gasteiger partial charge in [-0.2, -0.15) is 0 Å². The summed E-state index contributed by atoms with van der Waals surface area (Å²) in [5, 5.41) is 0.691. The summed E-state index contributed by atoms with van der Waals surface area (Å²) in [5.74, 6) is 0.727. The molecule has 0 radical (unpaired) electrons. The fourth-order valence-corrected chi connectivity index (χ4v) is 4.58. The van der Waals surface area contributed by atoms with Crippen LogP contribution in [0.2, 0.25) is 0 Å². The highest BCUT2D eigenvalue weighted by Crippen LogP contribution is 2.28. The van der Waals surface area contributed by atoms with Crippen molar-refractivity contribution in [2.24, 2.45) is 7.05 Å². The molecule has 8 heteroatoms. The predicted octanol–water partition coefficient (Wildman–Crippen LogP) is 1.93. The second kappa shape index (κ2) is 7.59. The Morgan fingerprint density at radius 2 is 1.63 bits per heavy atom. The van der Waals surface area contributed by atoms with E-state index in [1.807, 2.05) is 22.8 Å². The molecule has 2 aromatic heterocycles. The number of rotatable bonds is 3. The van der Waals surface area contributed by atoms with Crippen LogP contribution >= 0.6 is 0 Å². The minimum Gasteiger partial charge on any atom is -0.368 e. The number of benzene rings is 1. The second-order valence-electron chi connectivity index (χ2n) is 8.27.